The predicted octanol–water partition coefficient (Wildman–Crippen LogP) is 2.90. The third kappa shape index (κ3) is 6.24. The summed E-state index contributed by atoms with van der Waals surface area (Å²) in [4.78, 5) is 2.52. The summed E-state index contributed by atoms with van der Waals surface area (Å²) in [5, 5.41) is 3.62. The highest BCUT2D eigenvalue weighted by Crippen LogP contribution is 2.35. The molecule has 1 aliphatic rings. The minimum absolute atomic E-state index is 0.475. The van der Waals surface area contributed by atoms with Crippen molar-refractivity contribution in [3.05, 3.63) is 0 Å². The molecule has 0 saturated heterocycles. The highest BCUT2D eigenvalue weighted by molar-refractivity contribution is 4.87. The van der Waals surface area contributed by atoms with Crippen LogP contribution < -0.4 is 5.32 Å². The van der Waals surface area contributed by atoms with Crippen LogP contribution in [0.3, 0.4) is 0 Å². The van der Waals surface area contributed by atoms with Crippen molar-refractivity contribution in [2.24, 2.45) is 5.41 Å². The van der Waals surface area contributed by atoms with E-state index < -0.39 is 0 Å². The largest absolute Gasteiger partial charge is 0.383 e. The lowest BCUT2D eigenvalue weighted by Crippen LogP contribution is -2.45. The fourth-order valence-electron chi connectivity index (χ4n) is 3.11. The molecule has 0 heterocycles. The third-order valence-electron chi connectivity index (χ3n) is 4.61. The van der Waals surface area contributed by atoms with E-state index in [4.69, 9.17) is 4.74 Å². The summed E-state index contributed by atoms with van der Waals surface area (Å²) in [5.41, 5.74) is 0.475. The molecule has 0 aliphatic heterocycles. The first-order valence-corrected chi connectivity index (χ1v) is 7.99. The van der Waals surface area contributed by atoms with Gasteiger partial charge >= 0.3 is 0 Å². The number of hydrogen-bond donors (Lipinski definition) is 1. The highest BCUT2D eigenvalue weighted by Gasteiger charge is 2.32. The van der Waals surface area contributed by atoms with E-state index in [2.05, 4.69) is 31.1 Å². The van der Waals surface area contributed by atoms with E-state index in [0.29, 0.717) is 11.5 Å². The molecule has 3 heteroatoms. The molecule has 1 rings (SSSR count). The van der Waals surface area contributed by atoms with Crippen molar-refractivity contribution < 1.29 is 4.74 Å². The average Bonchev–Trinajstić information content (AvgIpc) is 2.61. The molecule has 0 unspecified atom stereocenters. The van der Waals surface area contributed by atoms with Gasteiger partial charge in [0.15, 0.2) is 0 Å². The SMILES string of the molecule is COCCNCC1(CN(C)C(C)C)CCCCCC1. The third-order valence-corrected chi connectivity index (χ3v) is 4.61. The zero-order valence-electron chi connectivity index (χ0n) is 13.5. The number of nitrogens with one attached hydrogen (secondary N) is 1. The van der Waals surface area contributed by atoms with Gasteiger partial charge in [-0.3, -0.25) is 0 Å². The van der Waals surface area contributed by atoms with Crippen LogP contribution in [0.4, 0.5) is 0 Å². The molecule has 1 aliphatic carbocycles. The topological polar surface area (TPSA) is 24.5 Å². The van der Waals surface area contributed by atoms with Crippen LogP contribution in [-0.2, 0) is 4.74 Å². The van der Waals surface area contributed by atoms with Crippen LogP contribution in [-0.4, -0.2) is 51.3 Å². The molecule has 0 aromatic heterocycles. The standard InChI is InChI=1S/C16H34N2O/c1-15(2)18(3)14-16(13-17-11-12-19-4)9-7-5-6-8-10-16/h15,17H,5-14H2,1-4H3. The van der Waals surface area contributed by atoms with Crippen LogP contribution in [0.25, 0.3) is 0 Å². The lowest BCUT2D eigenvalue weighted by atomic mass is 9.79. The summed E-state index contributed by atoms with van der Waals surface area (Å²) in [7, 11) is 4.04. The molecule has 0 atom stereocenters. The number of hydrogen-bond acceptors (Lipinski definition) is 3. The lowest BCUT2D eigenvalue weighted by Gasteiger charge is -2.38. The van der Waals surface area contributed by atoms with Crippen LogP contribution in [0.5, 0.6) is 0 Å². The summed E-state index contributed by atoms with van der Waals surface area (Å²) in [6, 6.07) is 0.638. The molecular weight excluding hydrogens is 236 g/mol. The first kappa shape index (κ1) is 16.9. The van der Waals surface area contributed by atoms with Crippen molar-refractivity contribution in [2.45, 2.75) is 58.4 Å². The van der Waals surface area contributed by atoms with E-state index in [0.717, 1.165) is 19.7 Å². The Hall–Kier alpha value is -0.120. The fraction of sp³-hybridized carbons (Fsp3) is 1.00. The van der Waals surface area contributed by atoms with Gasteiger partial charge in [-0.15, -0.1) is 0 Å². The maximum Gasteiger partial charge on any atom is 0.0587 e. The summed E-state index contributed by atoms with van der Waals surface area (Å²) < 4.78 is 5.14. The van der Waals surface area contributed by atoms with Crippen molar-refractivity contribution in [2.75, 3.05) is 40.4 Å². The van der Waals surface area contributed by atoms with Crippen molar-refractivity contribution in [1.29, 1.82) is 0 Å². The van der Waals surface area contributed by atoms with E-state index in [-0.39, 0.29) is 0 Å². The quantitative estimate of drug-likeness (QED) is 0.542. The van der Waals surface area contributed by atoms with E-state index in [1.54, 1.807) is 7.11 Å². The molecule has 0 bridgehead atoms. The molecule has 114 valence electrons. The van der Waals surface area contributed by atoms with Gasteiger partial charge in [0, 0.05) is 32.8 Å². The van der Waals surface area contributed by atoms with Crippen LogP contribution >= 0.6 is 0 Å². The zero-order chi connectivity index (χ0) is 14.1. The van der Waals surface area contributed by atoms with Gasteiger partial charge < -0.3 is 15.0 Å². The Kier molecular flexibility index (Phi) is 7.96. The van der Waals surface area contributed by atoms with Gasteiger partial charge in [-0.1, -0.05) is 25.7 Å². The summed E-state index contributed by atoms with van der Waals surface area (Å²) >= 11 is 0. The van der Waals surface area contributed by atoms with Crippen LogP contribution in [0.15, 0.2) is 0 Å². The maximum atomic E-state index is 5.14. The van der Waals surface area contributed by atoms with E-state index >= 15 is 0 Å². The smallest absolute Gasteiger partial charge is 0.0587 e. The van der Waals surface area contributed by atoms with Crippen LogP contribution in [0.2, 0.25) is 0 Å². The molecule has 0 aromatic carbocycles. The number of methoxy groups -OCH3 is 1. The monoisotopic (exact) mass is 270 g/mol. The summed E-state index contributed by atoms with van der Waals surface area (Å²) in [5.74, 6) is 0. The molecule has 0 radical (unpaired) electrons. The van der Waals surface area contributed by atoms with Crippen molar-refractivity contribution in [3.8, 4) is 0 Å². The van der Waals surface area contributed by atoms with Crippen molar-refractivity contribution in [1.82, 2.24) is 10.2 Å². The predicted molar refractivity (Wildman–Crippen MR) is 82.6 cm³/mol. The lowest BCUT2D eigenvalue weighted by molar-refractivity contribution is 0.121. The van der Waals surface area contributed by atoms with Crippen LogP contribution in [0, 0.1) is 5.41 Å². The second-order valence-corrected chi connectivity index (χ2v) is 6.59. The number of rotatable bonds is 8. The first-order valence-electron chi connectivity index (χ1n) is 7.99. The first-order chi connectivity index (χ1) is 9.09. The Morgan fingerprint density at radius 1 is 1.16 bits per heavy atom. The number of ether oxygens (including phenoxy) is 1. The van der Waals surface area contributed by atoms with Gasteiger partial charge in [-0.25, -0.2) is 0 Å². The molecule has 3 nitrogen and oxygen atoms in total. The van der Waals surface area contributed by atoms with E-state index in [1.165, 1.54) is 45.1 Å². The molecular formula is C16H34N2O. The summed E-state index contributed by atoms with van der Waals surface area (Å²) in [6.45, 7) is 8.75. The normalized spacial score (nSPS) is 19.9. The van der Waals surface area contributed by atoms with Crippen molar-refractivity contribution >= 4 is 0 Å². The average molecular weight is 270 g/mol. The zero-order valence-corrected chi connectivity index (χ0v) is 13.5. The maximum absolute atomic E-state index is 5.14. The van der Waals surface area contributed by atoms with E-state index in [9.17, 15) is 0 Å². The Labute approximate surface area is 120 Å². The van der Waals surface area contributed by atoms with Gasteiger partial charge in [0.25, 0.3) is 0 Å². The van der Waals surface area contributed by atoms with E-state index in [1.807, 2.05) is 0 Å². The van der Waals surface area contributed by atoms with Gasteiger partial charge in [0.05, 0.1) is 6.61 Å². The Morgan fingerprint density at radius 2 is 1.79 bits per heavy atom. The van der Waals surface area contributed by atoms with Crippen molar-refractivity contribution in [3.63, 3.8) is 0 Å². The Morgan fingerprint density at radius 3 is 2.32 bits per heavy atom. The van der Waals surface area contributed by atoms with Crippen LogP contribution in [0.1, 0.15) is 52.4 Å². The fourth-order valence-corrected chi connectivity index (χ4v) is 3.11. The Bertz CT molecular complexity index is 223. The van der Waals surface area contributed by atoms with Gasteiger partial charge in [-0.05, 0) is 39.2 Å². The molecule has 1 N–H and O–H groups in total. The minimum Gasteiger partial charge on any atom is -0.383 e. The van der Waals surface area contributed by atoms with Gasteiger partial charge in [0.1, 0.15) is 0 Å². The van der Waals surface area contributed by atoms with Gasteiger partial charge in [-0.2, -0.15) is 0 Å². The second kappa shape index (κ2) is 8.93. The summed E-state index contributed by atoms with van der Waals surface area (Å²) in [6.07, 6.45) is 8.40. The minimum atomic E-state index is 0.475. The second-order valence-electron chi connectivity index (χ2n) is 6.59. The Balaban J connectivity index is 2.54. The van der Waals surface area contributed by atoms with Gasteiger partial charge in [0.2, 0.25) is 0 Å². The molecule has 0 amide bonds. The molecule has 1 fully saturated rings. The highest BCUT2D eigenvalue weighted by atomic mass is 16.5. The molecule has 0 aromatic rings. The molecule has 0 spiro atoms. The number of nitrogens with zero attached hydrogens (tertiary/aromatic N) is 1. The molecule has 19 heavy (non-hydrogen) atoms. The molecule has 1 saturated carbocycles.